The maximum Gasteiger partial charge on any atom is 0.345 e. The van der Waals surface area contributed by atoms with Crippen molar-refractivity contribution >= 4 is 36.0 Å². The molecule has 0 aliphatic heterocycles. The summed E-state index contributed by atoms with van der Waals surface area (Å²) >= 11 is 0. The van der Waals surface area contributed by atoms with E-state index < -0.39 is 5.97 Å². The van der Waals surface area contributed by atoms with Gasteiger partial charge in [-0.15, -0.1) is 0 Å². The SMILES string of the molecule is C(=NC1CCCCC1)=NC1CCCCC1.CN.COC(=O)c1ccccc1.O=C(NC1CCCCC1)NC1CCCCC1.O=C(O)c1ccccc1.O=C(OC(=NC1CCCCC1)NC1CCCCC1)c1ccccc1. The van der Waals surface area contributed by atoms with Crippen molar-refractivity contribution in [1.29, 1.82) is 0 Å². The van der Waals surface area contributed by atoms with Gasteiger partial charge < -0.3 is 36.3 Å². The van der Waals surface area contributed by atoms with Crippen molar-refractivity contribution in [2.75, 3.05) is 14.2 Å². The number of nitrogens with zero attached hydrogens (tertiary/aromatic N) is 3. The summed E-state index contributed by atoms with van der Waals surface area (Å²) in [4.78, 5) is 58.8. The predicted octanol–water partition coefficient (Wildman–Crippen LogP) is 13.7. The van der Waals surface area contributed by atoms with Crippen molar-refractivity contribution in [3.63, 3.8) is 0 Å². The highest BCUT2D eigenvalue weighted by atomic mass is 16.6. The number of nitrogens with two attached hydrogens (primary N) is 1. The maximum absolute atomic E-state index is 12.4. The van der Waals surface area contributed by atoms with E-state index in [1.165, 1.54) is 155 Å². The molecule has 6 aliphatic carbocycles. The van der Waals surface area contributed by atoms with Gasteiger partial charge in [-0.3, -0.25) is 0 Å². The van der Waals surface area contributed by atoms with E-state index in [4.69, 9.17) is 14.8 Å². The smallest absolute Gasteiger partial charge is 0.345 e. The zero-order valence-corrected chi connectivity index (χ0v) is 46.2. The van der Waals surface area contributed by atoms with Crippen molar-refractivity contribution in [2.45, 2.75) is 229 Å². The van der Waals surface area contributed by atoms with Crippen LogP contribution in [0.25, 0.3) is 0 Å². The number of rotatable bonds is 9. The molecule has 418 valence electrons. The number of amides is 2. The van der Waals surface area contributed by atoms with Gasteiger partial charge in [0.15, 0.2) is 0 Å². The molecule has 14 nitrogen and oxygen atoms in total. The van der Waals surface area contributed by atoms with E-state index in [9.17, 15) is 19.2 Å². The number of aliphatic imine (C=N–C) groups is 3. The molecule has 0 bridgehead atoms. The molecule has 0 saturated heterocycles. The van der Waals surface area contributed by atoms with Crippen LogP contribution in [-0.4, -0.2) is 91.5 Å². The molecule has 6 saturated carbocycles. The number of hydrogen-bond acceptors (Lipinski definition) is 10. The Morgan fingerprint density at radius 2 is 0.763 bits per heavy atom. The third-order valence-corrected chi connectivity index (χ3v) is 14.7. The van der Waals surface area contributed by atoms with Crippen LogP contribution in [0.2, 0.25) is 0 Å². The molecule has 3 aromatic carbocycles. The number of aromatic carboxylic acids is 1. The van der Waals surface area contributed by atoms with Gasteiger partial charge >= 0.3 is 23.9 Å². The van der Waals surface area contributed by atoms with E-state index in [0.29, 0.717) is 52.9 Å². The number of ether oxygens (including phenoxy) is 2. The molecular weight excluding hydrogens is 955 g/mol. The Morgan fingerprint density at radius 3 is 1.11 bits per heavy atom. The molecule has 0 atom stereocenters. The van der Waals surface area contributed by atoms with Gasteiger partial charge in [-0.1, -0.05) is 170 Å². The number of nitrogens with one attached hydrogen (secondary N) is 3. The molecule has 0 spiro atoms. The third kappa shape index (κ3) is 27.3. The fourth-order valence-electron chi connectivity index (χ4n) is 10.4. The van der Waals surface area contributed by atoms with Crippen LogP contribution in [-0.2, 0) is 9.47 Å². The lowest BCUT2D eigenvalue weighted by Crippen LogP contribution is -2.47. The number of amidine groups is 1. The van der Waals surface area contributed by atoms with Gasteiger partial charge in [0.1, 0.15) is 0 Å². The molecule has 9 rings (SSSR count). The highest BCUT2D eigenvalue weighted by Crippen LogP contribution is 2.24. The molecule has 0 aromatic heterocycles. The van der Waals surface area contributed by atoms with Gasteiger partial charge in [0.2, 0.25) is 0 Å². The third-order valence-electron chi connectivity index (χ3n) is 14.7. The number of carbonyl (C=O) groups is 4. The van der Waals surface area contributed by atoms with Gasteiger partial charge in [0.25, 0.3) is 6.02 Å². The zero-order valence-electron chi connectivity index (χ0n) is 46.2. The average molecular weight is 1050 g/mol. The lowest BCUT2D eigenvalue weighted by molar-refractivity contribution is 0.0599. The van der Waals surface area contributed by atoms with Gasteiger partial charge in [0, 0.05) is 18.1 Å². The second kappa shape index (κ2) is 39.5. The van der Waals surface area contributed by atoms with Gasteiger partial charge in [-0.25, -0.2) is 34.2 Å². The largest absolute Gasteiger partial charge is 0.478 e. The number of urea groups is 1. The van der Waals surface area contributed by atoms with Crippen LogP contribution in [0.3, 0.4) is 0 Å². The second-order valence-electron chi connectivity index (χ2n) is 20.7. The Balaban J connectivity index is 0.000000213. The van der Waals surface area contributed by atoms with E-state index in [0.717, 1.165) is 51.4 Å². The van der Waals surface area contributed by atoms with Crippen molar-refractivity contribution in [1.82, 2.24) is 16.0 Å². The van der Waals surface area contributed by atoms with Crippen molar-refractivity contribution in [2.24, 2.45) is 20.7 Å². The van der Waals surface area contributed by atoms with Gasteiger partial charge in [-0.05, 0) is 120 Å². The highest BCUT2D eigenvalue weighted by molar-refractivity contribution is 5.97. The number of carbonyl (C=O) groups excluding carboxylic acids is 3. The molecule has 76 heavy (non-hydrogen) atoms. The molecule has 14 heteroatoms. The second-order valence-corrected chi connectivity index (χ2v) is 20.7. The summed E-state index contributed by atoms with van der Waals surface area (Å²) in [6.45, 7) is 0. The number of carboxylic acids is 1. The summed E-state index contributed by atoms with van der Waals surface area (Å²) in [5.74, 6) is -1.50. The van der Waals surface area contributed by atoms with Crippen molar-refractivity contribution in [3.05, 3.63) is 108 Å². The summed E-state index contributed by atoms with van der Waals surface area (Å²) in [5, 5.41) is 18.0. The quantitative estimate of drug-likeness (QED) is 0.0784. The molecule has 6 aliphatic rings. The number of benzene rings is 3. The maximum atomic E-state index is 12.4. The minimum absolute atomic E-state index is 0.0683. The summed E-state index contributed by atoms with van der Waals surface area (Å²) in [6.07, 6.45) is 37.6. The highest BCUT2D eigenvalue weighted by Gasteiger charge is 2.22. The van der Waals surface area contributed by atoms with Crippen molar-refractivity contribution in [3.8, 4) is 0 Å². The van der Waals surface area contributed by atoms with Crippen LogP contribution in [0, 0.1) is 0 Å². The van der Waals surface area contributed by atoms with Crippen LogP contribution in [0.4, 0.5) is 4.79 Å². The molecular formula is C62H93N7O7. The van der Waals surface area contributed by atoms with Gasteiger partial charge in [0.05, 0.1) is 47.9 Å². The Morgan fingerprint density at radius 1 is 0.447 bits per heavy atom. The molecule has 6 fully saturated rings. The normalized spacial score (nSPS) is 18.7. The summed E-state index contributed by atoms with van der Waals surface area (Å²) in [6, 6.07) is 32.4. The molecule has 2 amide bonds. The Kier molecular flexibility index (Phi) is 32.6. The molecule has 0 unspecified atom stereocenters. The van der Waals surface area contributed by atoms with Crippen molar-refractivity contribution < 1.29 is 33.8 Å². The molecule has 0 radical (unpaired) electrons. The Labute approximate surface area is 455 Å². The van der Waals surface area contributed by atoms with Crippen LogP contribution in [0.15, 0.2) is 106 Å². The summed E-state index contributed by atoms with van der Waals surface area (Å²) in [5.41, 5.74) is 5.99. The van der Waals surface area contributed by atoms with Gasteiger partial charge in [-0.2, -0.15) is 0 Å². The number of hydrogen-bond donors (Lipinski definition) is 5. The van der Waals surface area contributed by atoms with Crippen LogP contribution in [0.5, 0.6) is 0 Å². The van der Waals surface area contributed by atoms with Crippen LogP contribution >= 0.6 is 0 Å². The van der Waals surface area contributed by atoms with E-state index >= 15 is 0 Å². The molecule has 6 N–H and O–H groups in total. The topological polar surface area (TPSA) is 206 Å². The number of esters is 2. The predicted molar refractivity (Wildman–Crippen MR) is 306 cm³/mol. The molecule has 3 aromatic rings. The Hall–Kier alpha value is -5.85. The first kappa shape index (κ1) is 62.7. The fraction of sp³-hybridized carbons (Fsp3) is 0.613. The standard InChI is InChI=1S/C20H28N2O2.C13H24N2O.C13H22N2.C8H8O2.C7H6O2.CH5N/c23-19(16-10-4-1-5-11-16)24-20(21-17-12-6-2-7-13-17)22-18-14-8-3-9-15-18;16-13(14-11-7-3-1-4-8-11)15-12-9-5-2-6-10-12;1-3-7-12(8-4-1)14-11-15-13-9-5-2-6-10-13;1-10-8(9)7-5-3-2-4-6-7;8-7(9)6-4-2-1-3-5-6;1-2/h1,4-5,10-11,17-18H,2-3,6-9,12-15H2,(H,21,22);11-12H,1-10H2,(H2,14,15,16);12-13H,1-10H2;2-6H,1H3;1-5H,(H,8,9);2H2,1H3. The monoisotopic (exact) mass is 1050 g/mol. The first-order valence-electron chi connectivity index (χ1n) is 29.1. The first-order valence-corrected chi connectivity index (χ1v) is 29.1. The van der Waals surface area contributed by atoms with E-state index in [2.05, 4.69) is 42.4 Å². The number of methoxy groups -OCH3 is 1. The lowest BCUT2D eigenvalue weighted by atomic mass is 9.95. The zero-order chi connectivity index (χ0) is 54.3. The molecule has 0 heterocycles. The fourth-order valence-corrected chi connectivity index (χ4v) is 10.4. The minimum atomic E-state index is -0.879. The average Bonchev–Trinajstić information content (AvgIpc) is 3.48. The van der Waals surface area contributed by atoms with Crippen LogP contribution in [0.1, 0.15) is 224 Å². The minimum Gasteiger partial charge on any atom is -0.478 e. The van der Waals surface area contributed by atoms with E-state index in [-0.39, 0.29) is 24.0 Å². The van der Waals surface area contributed by atoms with E-state index in [1.807, 2.05) is 24.3 Å². The van der Waals surface area contributed by atoms with E-state index in [1.54, 1.807) is 66.7 Å². The lowest BCUT2D eigenvalue weighted by Gasteiger charge is -2.26. The summed E-state index contributed by atoms with van der Waals surface area (Å²) < 4.78 is 10.1. The number of carboxylic acid groups (broad SMARTS) is 1. The first-order chi connectivity index (χ1) is 37.2. The Bertz CT molecular complexity index is 2060. The van der Waals surface area contributed by atoms with Crippen LogP contribution < -0.4 is 21.7 Å². The summed E-state index contributed by atoms with van der Waals surface area (Å²) in [7, 11) is 2.87.